The first-order valence-electron chi connectivity index (χ1n) is 9.73. The largest absolute Gasteiger partial charge is 0.446 e. The van der Waals surface area contributed by atoms with E-state index >= 15 is 0 Å². The van der Waals surface area contributed by atoms with Crippen molar-refractivity contribution in [2.45, 2.75) is 64.0 Å². The van der Waals surface area contributed by atoms with Gasteiger partial charge in [0.15, 0.2) is 5.82 Å². The summed E-state index contributed by atoms with van der Waals surface area (Å²) in [5.74, 6) is 0.591. The van der Waals surface area contributed by atoms with E-state index in [1.807, 2.05) is 26.0 Å². The number of hydrogen-bond donors (Lipinski definition) is 3. The van der Waals surface area contributed by atoms with Gasteiger partial charge in [-0.05, 0) is 38.7 Å². The van der Waals surface area contributed by atoms with Gasteiger partial charge in [0.25, 0.3) is 0 Å². The molecule has 2 aromatic rings. The fourth-order valence-electron chi connectivity index (χ4n) is 3.35. The van der Waals surface area contributed by atoms with Crippen LogP contribution in [-0.4, -0.2) is 44.1 Å². The molecule has 1 fully saturated rings. The minimum Gasteiger partial charge on any atom is -0.446 e. The average molecular weight is 388 g/mol. The Kier molecular flexibility index (Phi) is 6.33. The minimum atomic E-state index is -0.354. The molecule has 9 heteroatoms. The highest BCUT2D eigenvalue weighted by Gasteiger charge is 2.30. The van der Waals surface area contributed by atoms with Crippen molar-refractivity contribution in [1.29, 1.82) is 0 Å². The maximum Gasteiger partial charge on any atom is 0.407 e. The number of carbonyl (C=O) groups is 2. The highest BCUT2D eigenvalue weighted by atomic mass is 16.6. The Bertz CT molecular complexity index is 814. The maximum atomic E-state index is 12.2. The quantitative estimate of drug-likeness (QED) is 0.674. The molecule has 0 aliphatic heterocycles. The highest BCUT2D eigenvalue weighted by Crippen LogP contribution is 2.35. The van der Waals surface area contributed by atoms with Crippen LogP contribution in [0.1, 0.15) is 56.8 Å². The first-order chi connectivity index (χ1) is 13.4. The van der Waals surface area contributed by atoms with E-state index < -0.39 is 0 Å². The molecule has 1 aliphatic rings. The van der Waals surface area contributed by atoms with E-state index in [0.717, 1.165) is 37.1 Å². The van der Waals surface area contributed by atoms with E-state index in [-0.39, 0.29) is 36.5 Å². The zero-order chi connectivity index (χ0) is 20.1. The van der Waals surface area contributed by atoms with Crippen LogP contribution in [0, 0.1) is 0 Å². The number of hydrogen-bond acceptors (Lipinski definition) is 5. The van der Waals surface area contributed by atoms with Crippen molar-refractivity contribution >= 4 is 17.8 Å². The van der Waals surface area contributed by atoms with Gasteiger partial charge in [-0.3, -0.25) is 14.6 Å². The van der Waals surface area contributed by atoms with Crippen LogP contribution in [0.3, 0.4) is 0 Å². The van der Waals surface area contributed by atoms with Crippen LogP contribution < -0.4 is 10.6 Å². The lowest BCUT2D eigenvalue weighted by Crippen LogP contribution is -2.34. The van der Waals surface area contributed by atoms with Gasteiger partial charge in [-0.2, -0.15) is 10.2 Å². The highest BCUT2D eigenvalue weighted by molar-refractivity contribution is 5.91. The smallest absolute Gasteiger partial charge is 0.407 e. The predicted molar refractivity (Wildman–Crippen MR) is 104 cm³/mol. The number of aryl methyl sites for hydroxylation is 1. The molecule has 3 rings (SSSR count). The zero-order valence-electron chi connectivity index (χ0n) is 16.6. The molecule has 0 unspecified atom stereocenters. The molecule has 0 bridgehead atoms. The van der Waals surface area contributed by atoms with Crippen molar-refractivity contribution in [3.05, 3.63) is 29.7 Å². The zero-order valence-corrected chi connectivity index (χ0v) is 16.6. The van der Waals surface area contributed by atoms with Gasteiger partial charge in [0.05, 0.1) is 6.42 Å². The standard InChI is InChI=1S/C19H28N6O3/c1-4-12(2)21-19(27)28-15-6-5-13(9-15)16-11-17(24-23-16)22-18(26)10-14-7-8-20-25(14)3/h7-8,11-13,15H,4-6,9-10H2,1-3H3,(H,21,27)(H2,22,23,24,26)/t12-,13-,15+/m0/s1. The van der Waals surface area contributed by atoms with E-state index in [9.17, 15) is 9.59 Å². The summed E-state index contributed by atoms with van der Waals surface area (Å²) in [4.78, 5) is 24.1. The summed E-state index contributed by atoms with van der Waals surface area (Å²) in [6.45, 7) is 3.97. The summed E-state index contributed by atoms with van der Waals surface area (Å²) >= 11 is 0. The van der Waals surface area contributed by atoms with Gasteiger partial charge in [0.2, 0.25) is 5.91 Å². The molecule has 9 nitrogen and oxygen atoms in total. The number of aromatic amines is 1. The first kappa shape index (κ1) is 19.9. The second-order valence-electron chi connectivity index (χ2n) is 7.37. The Morgan fingerprint density at radius 2 is 2.25 bits per heavy atom. The number of amides is 2. The number of ether oxygens (including phenoxy) is 1. The molecule has 152 valence electrons. The van der Waals surface area contributed by atoms with Crippen LogP contribution in [0.2, 0.25) is 0 Å². The maximum absolute atomic E-state index is 12.2. The molecule has 0 aromatic carbocycles. The van der Waals surface area contributed by atoms with Crippen LogP contribution in [-0.2, 0) is 23.0 Å². The molecular weight excluding hydrogens is 360 g/mol. The average Bonchev–Trinajstić information content (AvgIpc) is 3.37. The summed E-state index contributed by atoms with van der Waals surface area (Å²) in [6, 6.07) is 3.77. The molecule has 2 heterocycles. The monoisotopic (exact) mass is 388 g/mol. The number of alkyl carbamates (subject to hydrolysis) is 1. The number of carbonyl (C=O) groups excluding carboxylic acids is 2. The van der Waals surface area contributed by atoms with Crippen molar-refractivity contribution in [2.75, 3.05) is 5.32 Å². The molecule has 0 radical (unpaired) electrons. The molecule has 0 spiro atoms. The van der Waals surface area contributed by atoms with Crippen molar-refractivity contribution in [3.63, 3.8) is 0 Å². The van der Waals surface area contributed by atoms with Crippen LogP contribution in [0.4, 0.5) is 10.6 Å². The molecule has 2 amide bonds. The number of anilines is 1. The molecule has 3 atom stereocenters. The van der Waals surface area contributed by atoms with Gasteiger partial charge in [-0.25, -0.2) is 4.79 Å². The molecule has 1 saturated carbocycles. The number of nitrogens with one attached hydrogen (secondary N) is 3. The van der Waals surface area contributed by atoms with Gasteiger partial charge < -0.3 is 15.4 Å². The first-order valence-corrected chi connectivity index (χ1v) is 9.73. The fourth-order valence-corrected chi connectivity index (χ4v) is 3.35. The predicted octanol–water partition coefficient (Wildman–Crippen LogP) is 2.49. The summed E-state index contributed by atoms with van der Waals surface area (Å²) < 4.78 is 7.19. The van der Waals surface area contributed by atoms with Crippen molar-refractivity contribution < 1.29 is 14.3 Å². The Hall–Kier alpha value is -2.84. The van der Waals surface area contributed by atoms with E-state index in [0.29, 0.717) is 5.82 Å². The third-order valence-corrected chi connectivity index (χ3v) is 5.20. The van der Waals surface area contributed by atoms with Gasteiger partial charge in [-0.1, -0.05) is 6.92 Å². The van der Waals surface area contributed by atoms with Crippen LogP contribution >= 0.6 is 0 Å². The lowest BCUT2D eigenvalue weighted by atomic mass is 10.0. The number of nitrogens with zero attached hydrogens (tertiary/aromatic N) is 3. The van der Waals surface area contributed by atoms with Gasteiger partial charge >= 0.3 is 6.09 Å². The van der Waals surface area contributed by atoms with Gasteiger partial charge in [0, 0.05) is 42.7 Å². The number of H-pyrrole nitrogens is 1. The summed E-state index contributed by atoms with van der Waals surface area (Å²) in [6.07, 6.45) is 4.80. The second-order valence-corrected chi connectivity index (χ2v) is 7.37. The fraction of sp³-hybridized carbons (Fsp3) is 0.579. The third-order valence-electron chi connectivity index (χ3n) is 5.20. The third kappa shape index (κ3) is 5.11. The van der Waals surface area contributed by atoms with Crippen LogP contribution in [0.25, 0.3) is 0 Å². The topological polar surface area (TPSA) is 114 Å². The summed E-state index contributed by atoms with van der Waals surface area (Å²) in [5.41, 5.74) is 1.78. The van der Waals surface area contributed by atoms with Crippen molar-refractivity contribution in [2.24, 2.45) is 7.05 Å². The second kappa shape index (κ2) is 8.90. The summed E-state index contributed by atoms with van der Waals surface area (Å²) in [7, 11) is 1.80. The molecular formula is C19H28N6O3. The molecule has 0 saturated heterocycles. The molecule has 28 heavy (non-hydrogen) atoms. The Morgan fingerprint density at radius 3 is 2.96 bits per heavy atom. The van der Waals surface area contributed by atoms with Crippen molar-refractivity contribution in [1.82, 2.24) is 25.3 Å². The Morgan fingerprint density at radius 1 is 1.43 bits per heavy atom. The van der Waals surface area contributed by atoms with Gasteiger partial charge in [-0.15, -0.1) is 0 Å². The number of aromatic nitrogens is 4. The van der Waals surface area contributed by atoms with E-state index in [4.69, 9.17) is 4.74 Å². The normalized spacial score (nSPS) is 20.0. The Labute approximate surface area is 164 Å². The lowest BCUT2D eigenvalue weighted by Gasteiger charge is -2.16. The lowest BCUT2D eigenvalue weighted by molar-refractivity contribution is -0.115. The number of rotatable bonds is 7. The van der Waals surface area contributed by atoms with E-state index in [1.165, 1.54) is 0 Å². The SMILES string of the molecule is CC[C@H](C)NC(=O)O[C@@H]1CC[C@H](c2cc(NC(=O)Cc3ccnn3C)n[nH]2)C1. The summed E-state index contributed by atoms with van der Waals surface area (Å²) in [5, 5.41) is 16.9. The molecule has 2 aromatic heterocycles. The van der Waals surface area contributed by atoms with E-state index in [2.05, 4.69) is 25.9 Å². The van der Waals surface area contributed by atoms with Crippen molar-refractivity contribution in [3.8, 4) is 0 Å². The van der Waals surface area contributed by atoms with E-state index in [1.54, 1.807) is 17.9 Å². The van der Waals surface area contributed by atoms with Crippen LogP contribution in [0.15, 0.2) is 18.3 Å². The molecule has 3 N–H and O–H groups in total. The van der Waals surface area contributed by atoms with Crippen LogP contribution in [0.5, 0.6) is 0 Å². The Balaban J connectivity index is 1.48. The minimum absolute atomic E-state index is 0.0970. The molecule has 1 aliphatic carbocycles. The van der Waals surface area contributed by atoms with Gasteiger partial charge in [0.1, 0.15) is 6.10 Å².